The Morgan fingerprint density at radius 3 is 2.45 bits per heavy atom. The molecule has 0 saturated carbocycles. The number of allylic oxidation sites excluding steroid dienone is 1. The van der Waals surface area contributed by atoms with Crippen molar-refractivity contribution in [1.82, 2.24) is 4.90 Å². The minimum Gasteiger partial charge on any atom is -0.466 e. The van der Waals surface area contributed by atoms with Crippen LogP contribution in [0, 0.1) is 29.6 Å². The highest BCUT2D eigenvalue weighted by Crippen LogP contribution is 2.45. The van der Waals surface area contributed by atoms with Crippen LogP contribution in [0.2, 0.25) is 5.02 Å². The van der Waals surface area contributed by atoms with Crippen LogP contribution in [0.5, 0.6) is 0 Å². The molecule has 8 heteroatoms. The molecule has 1 fully saturated rings. The number of amides is 2. The zero-order valence-corrected chi connectivity index (χ0v) is 20.3. The van der Waals surface area contributed by atoms with Gasteiger partial charge in [0.1, 0.15) is 6.04 Å². The number of hydrogen-bond donors (Lipinski definition) is 2. The molecule has 2 amide bonds. The number of ether oxygens (including phenoxy) is 1. The summed E-state index contributed by atoms with van der Waals surface area (Å²) in [7, 11) is 0. The lowest BCUT2D eigenvalue weighted by Crippen LogP contribution is -2.51. The molecule has 1 heterocycles. The number of halogens is 1. The molecule has 2 aliphatic rings. The summed E-state index contributed by atoms with van der Waals surface area (Å²) in [6, 6.07) is 5.34. The van der Waals surface area contributed by atoms with Crippen molar-refractivity contribution in [2.75, 3.05) is 18.5 Å². The zero-order valence-electron chi connectivity index (χ0n) is 19.5. The predicted octanol–water partition coefficient (Wildman–Crippen LogP) is 3.51. The molecule has 0 aromatic heterocycles. The second-order valence-corrected chi connectivity index (χ2v) is 9.71. The predicted molar refractivity (Wildman–Crippen MR) is 126 cm³/mol. The molecule has 0 unspecified atom stereocenters. The van der Waals surface area contributed by atoms with E-state index < -0.39 is 35.8 Å². The number of fused-ring (bicyclic) bond motifs is 1. The van der Waals surface area contributed by atoms with E-state index in [9.17, 15) is 19.5 Å². The third kappa shape index (κ3) is 5.25. The maximum Gasteiger partial charge on any atom is 0.310 e. The Morgan fingerprint density at radius 2 is 1.88 bits per heavy atom. The number of aliphatic hydroxyl groups is 1. The Labute approximate surface area is 200 Å². The molecule has 33 heavy (non-hydrogen) atoms. The first-order chi connectivity index (χ1) is 15.7. The van der Waals surface area contributed by atoms with E-state index in [4.69, 9.17) is 16.3 Å². The van der Waals surface area contributed by atoms with Gasteiger partial charge in [0.25, 0.3) is 0 Å². The largest absolute Gasteiger partial charge is 0.466 e. The Hall–Kier alpha value is -2.38. The topological polar surface area (TPSA) is 95.9 Å². The number of nitrogens with zero attached hydrogens (tertiary/aromatic N) is 1. The molecule has 1 aliphatic carbocycles. The fraction of sp³-hybridized carbons (Fsp3) is 0.560. The van der Waals surface area contributed by atoms with Crippen LogP contribution in [0.25, 0.3) is 0 Å². The molecule has 3 rings (SSSR count). The minimum atomic E-state index is -0.852. The SMILES string of the molecule is CCOC(=O)[C@H]1[C@@H]2C(=O)N([C@@H](CO)CC(C)C)[C@H](C(=O)Nc3ccc(Cl)cc3)[C@H]2C=C[C@H]1C. The smallest absolute Gasteiger partial charge is 0.310 e. The first kappa shape index (κ1) is 25.2. The number of rotatable bonds is 8. The van der Waals surface area contributed by atoms with Crippen molar-refractivity contribution in [2.24, 2.45) is 29.6 Å². The number of hydrogen-bond acceptors (Lipinski definition) is 5. The van der Waals surface area contributed by atoms with Crippen molar-refractivity contribution in [2.45, 2.75) is 46.2 Å². The molecule has 0 spiro atoms. The van der Waals surface area contributed by atoms with Crippen molar-refractivity contribution in [3.05, 3.63) is 41.4 Å². The highest BCUT2D eigenvalue weighted by molar-refractivity contribution is 6.30. The van der Waals surface area contributed by atoms with Gasteiger partial charge in [0.15, 0.2) is 0 Å². The highest BCUT2D eigenvalue weighted by atomic mass is 35.5. The van der Waals surface area contributed by atoms with E-state index in [0.717, 1.165) is 0 Å². The number of nitrogens with one attached hydrogen (secondary N) is 1. The average molecular weight is 477 g/mol. The van der Waals surface area contributed by atoms with Crippen molar-refractivity contribution in [3.8, 4) is 0 Å². The number of likely N-dealkylation sites (tertiary alicyclic amines) is 1. The lowest BCUT2D eigenvalue weighted by atomic mass is 9.70. The van der Waals surface area contributed by atoms with Gasteiger partial charge in [-0.25, -0.2) is 0 Å². The van der Waals surface area contributed by atoms with Crippen molar-refractivity contribution < 1.29 is 24.2 Å². The first-order valence-corrected chi connectivity index (χ1v) is 11.9. The Morgan fingerprint density at radius 1 is 1.21 bits per heavy atom. The van der Waals surface area contributed by atoms with Gasteiger partial charge in [-0.15, -0.1) is 0 Å². The fourth-order valence-corrected chi connectivity index (χ4v) is 5.23. The van der Waals surface area contributed by atoms with Crippen LogP contribution in [0.1, 0.15) is 34.1 Å². The van der Waals surface area contributed by atoms with Crippen LogP contribution in [0.3, 0.4) is 0 Å². The highest BCUT2D eigenvalue weighted by Gasteiger charge is 2.58. The van der Waals surface area contributed by atoms with Gasteiger partial charge in [0.05, 0.1) is 31.1 Å². The fourth-order valence-electron chi connectivity index (χ4n) is 5.10. The molecule has 0 radical (unpaired) electrons. The molecule has 1 aromatic carbocycles. The van der Waals surface area contributed by atoms with Crippen LogP contribution in [-0.4, -0.2) is 53.1 Å². The summed E-state index contributed by atoms with van der Waals surface area (Å²) in [5.74, 6) is -2.97. The average Bonchev–Trinajstić information content (AvgIpc) is 3.06. The monoisotopic (exact) mass is 476 g/mol. The van der Waals surface area contributed by atoms with Crippen LogP contribution in [-0.2, 0) is 19.1 Å². The van der Waals surface area contributed by atoms with Crippen LogP contribution < -0.4 is 5.32 Å². The molecule has 180 valence electrons. The number of esters is 1. The Bertz CT molecular complexity index is 901. The Balaban J connectivity index is 2.01. The molecule has 6 atom stereocenters. The summed E-state index contributed by atoms with van der Waals surface area (Å²) in [4.78, 5) is 41.6. The van der Waals surface area contributed by atoms with E-state index in [1.807, 2.05) is 32.9 Å². The number of anilines is 1. The minimum absolute atomic E-state index is 0.202. The number of benzene rings is 1. The molecule has 1 aromatic rings. The lowest BCUT2D eigenvalue weighted by molar-refractivity contribution is -0.156. The number of carbonyl (C=O) groups is 3. The summed E-state index contributed by atoms with van der Waals surface area (Å²) in [6.07, 6.45) is 4.30. The standard InChI is InChI=1S/C25H33ClN2O5/c1-5-33-25(32)20-15(4)6-11-19-21(20)24(31)28(18(13-29)12-14(2)3)22(19)23(30)27-17-9-7-16(26)8-10-17/h6-11,14-15,18-22,29H,5,12-13H2,1-4H3,(H,27,30)/t15-,18-,19+,20-,21-,22+/m1/s1. The lowest BCUT2D eigenvalue weighted by Gasteiger charge is -2.34. The molecular weight excluding hydrogens is 444 g/mol. The normalized spacial score (nSPS) is 27.4. The van der Waals surface area contributed by atoms with Gasteiger partial charge in [0, 0.05) is 16.6 Å². The molecule has 2 N–H and O–H groups in total. The molecular formula is C25H33ClN2O5. The third-order valence-electron chi connectivity index (χ3n) is 6.50. The van der Waals surface area contributed by atoms with E-state index in [2.05, 4.69) is 5.32 Å². The molecule has 1 aliphatic heterocycles. The summed E-state index contributed by atoms with van der Waals surface area (Å²) < 4.78 is 5.29. The second kappa shape index (κ2) is 10.7. The second-order valence-electron chi connectivity index (χ2n) is 9.28. The first-order valence-electron chi connectivity index (χ1n) is 11.5. The van der Waals surface area contributed by atoms with Crippen LogP contribution in [0.4, 0.5) is 5.69 Å². The quantitative estimate of drug-likeness (QED) is 0.442. The zero-order chi connectivity index (χ0) is 24.3. The summed E-state index contributed by atoms with van der Waals surface area (Å²) in [5, 5.41) is 13.6. The maximum atomic E-state index is 13.8. The van der Waals surface area contributed by atoms with Gasteiger partial charge < -0.3 is 20.1 Å². The summed E-state index contributed by atoms with van der Waals surface area (Å²) >= 11 is 5.96. The molecule has 1 saturated heterocycles. The van der Waals surface area contributed by atoms with Crippen molar-refractivity contribution in [3.63, 3.8) is 0 Å². The van der Waals surface area contributed by atoms with E-state index in [0.29, 0.717) is 17.1 Å². The van der Waals surface area contributed by atoms with E-state index in [1.165, 1.54) is 4.90 Å². The number of carbonyl (C=O) groups excluding carboxylic acids is 3. The number of aliphatic hydroxyl groups excluding tert-OH is 1. The van der Waals surface area contributed by atoms with Crippen LogP contribution in [0.15, 0.2) is 36.4 Å². The Kier molecular flexibility index (Phi) is 8.19. The van der Waals surface area contributed by atoms with Gasteiger partial charge in [-0.05, 0) is 49.4 Å². The van der Waals surface area contributed by atoms with Gasteiger partial charge in [-0.2, -0.15) is 0 Å². The van der Waals surface area contributed by atoms with Gasteiger partial charge in [-0.3, -0.25) is 14.4 Å². The molecule has 7 nitrogen and oxygen atoms in total. The van der Waals surface area contributed by atoms with Gasteiger partial charge in [0.2, 0.25) is 11.8 Å². The van der Waals surface area contributed by atoms with E-state index in [1.54, 1.807) is 31.2 Å². The van der Waals surface area contributed by atoms with Gasteiger partial charge in [-0.1, -0.05) is 44.5 Å². The van der Waals surface area contributed by atoms with Crippen molar-refractivity contribution in [1.29, 1.82) is 0 Å². The van der Waals surface area contributed by atoms with Crippen LogP contribution >= 0.6 is 11.6 Å². The van der Waals surface area contributed by atoms with E-state index in [-0.39, 0.29) is 36.9 Å². The third-order valence-corrected chi connectivity index (χ3v) is 6.75. The van der Waals surface area contributed by atoms with E-state index >= 15 is 0 Å². The molecule has 0 bridgehead atoms. The summed E-state index contributed by atoms with van der Waals surface area (Å²) in [5.41, 5.74) is 0.555. The van der Waals surface area contributed by atoms with Gasteiger partial charge >= 0.3 is 5.97 Å². The van der Waals surface area contributed by atoms with Crippen molar-refractivity contribution >= 4 is 35.1 Å². The summed E-state index contributed by atoms with van der Waals surface area (Å²) in [6.45, 7) is 7.56. The maximum absolute atomic E-state index is 13.8.